The molecule has 0 bridgehead atoms. The molecule has 4 aromatic rings. The number of nitrogens with one attached hydrogen (secondary N) is 2. The minimum Gasteiger partial charge on any atom is -0.411 e. The van der Waals surface area contributed by atoms with Gasteiger partial charge in [-0.2, -0.15) is 0 Å². The van der Waals surface area contributed by atoms with Gasteiger partial charge < -0.3 is 14.7 Å². The Morgan fingerprint density at radius 2 is 2.07 bits per heavy atom. The number of hydrogen-bond donors (Lipinski definition) is 2. The zero-order valence-electron chi connectivity index (χ0n) is 15.2. The highest BCUT2D eigenvalue weighted by atomic mass is 35.5. The molecular weight excluding hydrogens is 396 g/mol. The number of aromatic amines is 1. The van der Waals surface area contributed by atoms with Gasteiger partial charge in [-0.3, -0.25) is 4.79 Å². The summed E-state index contributed by atoms with van der Waals surface area (Å²) in [6.45, 7) is 3.70. The fraction of sp³-hybridized carbons (Fsp3) is 0.150. The molecule has 2 N–H and O–H groups in total. The Morgan fingerprint density at radius 1 is 1.25 bits per heavy atom. The fourth-order valence-electron chi connectivity index (χ4n) is 2.78. The van der Waals surface area contributed by atoms with E-state index in [1.54, 1.807) is 19.1 Å². The van der Waals surface area contributed by atoms with Crippen LogP contribution in [0.3, 0.4) is 0 Å². The van der Waals surface area contributed by atoms with Gasteiger partial charge in [0.1, 0.15) is 0 Å². The van der Waals surface area contributed by atoms with Gasteiger partial charge in [-0.15, -0.1) is 10.2 Å². The first-order chi connectivity index (χ1) is 13.5. The van der Waals surface area contributed by atoms with Crippen molar-refractivity contribution in [2.45, 2.75) is 24.3 Å². The molecule has 28 heavy (non-hydrogen) atoms. The quantitative estimate of drug-likeness (QED) is 0.434. The average Bonchev–Trinajstić information content (AvgIpc) is 3.31. The standard InChI is InChI=1S/C20H17ClN4O2S/c1-11-7-8-13(21)9-17(11)23-18(26)12(2)28-20-25-24-19(27-20)15-10-22-16-6-4-3-5-14(15)16/h3-10,12,22H,1-2H3,(H,23,26)/t12-/m1/s1. The van der Waals surface area contributed by atoms with E-state index in [-0.39, 0.29) is 5.91 Å². The van der Waals surface area contributed by atoms with Crippen LogP contribution in [-0.4, -0.2) is 26.3 Å². The molecule has 2 aromatic carbocycles. The van der Waals surface area contributed by atoms with Crippen LogP contribution in [0.4, 0.5) is 5.69 Å². The summed E-state index contributed by atoms with van der Waals surface area (Å²) >= 11 is 7.22. The Kier molecular flexibility index (Phi) is 5.11. The molecule has 0 aliphatic heterocycles. The maximum Gasteiger partial charge on any atom is 0.277 e. The largest absolute Gasteiger partial charge is 0.411 e. The van der Waals surface area contributed by atoms with Gasteiger partial charge in [0.2, 0.25) is 5.91 Å². The predicted molar refractivity (Wildman–Crippen MR) is 112 cm³/mol. The Hall–Kier alpha value is -2.77. The Labute approximate surface area is 170 Å². The summed E-state index contributed by atoms with van der Waals surface area (Å²) in [4.78, 5) is 15.7. The summed E-state index contributed by atoms with van der Waals surface area (Å²) in [6, 6.07) is 13.3. The van der Waals surface area contributed by atoms with Crippen LogP contribution in [0.25, 0.3) is 22.4 Å². The number of hydrogen-bond acceptors (Lipinski definition) is 5. The zero-order valence-corrected chi connectivity index (χ0v) is 16.8. The molecule has 142 valence electrons. The molecular formula is C20H17ClN4O2S. The van der Waals surface area contributed by atoms with E-state index >= 15 is 0 Å². The number of thioether (sulfide) groups is 1. The Balaban J connectivity index is 1.47. The molecule has 0 unspecified atom stereocenters. The van der Waals surface area contributed by atoms with E-state index in [1.165, 1.54) is 11.8 Å². The summed E-state index contributed by atoms with van der Waals surface area (Å²) in [7, 11) is 0. The van der Waals surface area contributed by atoms with Crippen molar-refractivity contribution in [1.29, 1.82) is 0 Å². The lowest BCUT2D eigenvalue weighted by atomic mass is 10.2. The Bertz CT molecular complexity index is 1150. The third-order valence-corrected chi connectivity index (χ3v) is 5.50. The number of anilines is 1. The molecule has 1 amide bonds. The highest BCUT2D eigenvalue weighted by Crippen LogP contribution is 2.31. The lowest BCUT2D eigenvalue weighted by Gasteiger charge is -2.12. The van der Waals surface area contributed by atoms with Gasteiger partial charge >= 0.3 is 0 Å². The van der Waals surface area contributed by atoms with Gasteiger partial charge in [-0.25, -0.2) is 0 Å². The first kappa shape index (κ1) is 18.6. The molecule has 0 aliphatic rings. The van der Waals surface area contributed by atoms with Gasteiger partial charge in [0, 0.05) is 27.8 Å². The minimum absolute atomic E-state index is 0.165. The number of nitrogens with zero attached hydrogens (tertiary/aromatic N) is 2. The van der Waals surface area contributed by atoms with Crippen LogP contribution in [-0.2, 0) is 4.79 Å². The predicted octanol–water partition coefficient (Wildman–Crippen LogP) is 5.30. The number of amides is 1. The van der Waals surface area contributed by atoms with E-state index in [0.29, 0.717) is 21.8 Å². The van der Waals surface area contributed by atoms with Crippen molar-refractivity contribution in [3.05, 3.63) is 59.2 Å². The molecule has 6 nitrogen and oxygen atoms in total. The third kappa shape index (κ3) is 3.76. The highest BCUT2D eigenvalue weighted by molar-refractivity contribution is 8.00. The fourth-order valence-corrected chi connectivity index (χ4v) is 3.64. The first-order valence-electron chi connectivity index (χ1n) is 8.65. The molecule has 0 aliphatic carbocycles. The second-order valence-corrected chi connectivity index (χ2v) is 8.06. The topological polar surface area (TPSA) is 83.8 Å². The number of benzene rings is 2. The minimum atomic E-state index is -0.422. The molecule has 1 atom stereocenters. The first-order valence-corrected chi connectivity index (χ1v) is 9.90. The van der Waals surface area contributed by atoms with E-state index in [0.717, 1.165) is 22.0 Å². The van der Waals surface area contributed by atoms with Gasteiger partial charge in [-0.1, -0.05) is 47.6 Å². The van der Waals surface area contributed by atoms with Crippen LogP contribution < -0.4 is 5.32 Å². The average molecular weight is 413 g/mol. The molecule has 0 fully saturated rings. The van der Waals surface area contributed by atoms with Gasteiger partial charge in [0.15, 0.2) is 0 Å². The number of carbonyl (C=O) groups excluding carboxylic acids is 1. The maximum absolute atomic E-state index is 12.5. The van der Waals surface area contributed by atoms with Gasteiger partial charge in [0.25, 0.3) is 11.1 Å². The SMILES string of the molecule is Cc1ccc(Cl)cc1NC(=O)[C@@H](C)Sc1nnc(-c2c[nH]c3ccccc23)o1. The summed E-state index contributed by atoms with van der Waals surface area (Å²) in [6.07, 6.45) is 1.84. The highest BCUT2D eigenvalue weighted by Gasteiger charge is 2.20. The number of aromatic nitrogens is 3. The molecule has 2 heterocycles. The molecule has 4 rings (SSSR count). The van der Waals surface area contributed by atoms with Crippen molar-refractivity contribution in [2.75, 3.05) is 5.32 Å². The summed E-state index contributed by atoms with van der Waals surface area (Å²) in [5.74, 6) is 0.250. The van der Waals surface area contributed by atoms with Crippen LogP contribution in [0.2, 0.25) is 5.02 Å². The normalized spacial score (nSPS) is 12.2. The Morgan fingerprint density at radius 3 is 2.93 bits per heavy atom. The maximum atomic E-state index is 12.5. The third-order valence-electron chi connectivity index (χ3n) is 4.33. The van der Waals surface area contributed by atoms with Crippen LogP contribution in [0.15, 0.2) is 58.3 Å². The number of fused-ring (bicyclic) bond motifs is 1. The van der Waals surface area contributed by atoms with Crippen LogP contribution in [0, 0.1) is 6.92 Å². The smallest absolute Gasteiger partial charge is 0.277 e. The second kappa shape index (κ2) is 7.69. The molecule has 0 spiro atoms. The van der Waals surface area contributed by atoms with Gasteiger partial charge in [0.05, 0.1) is 10.8 Å². The van der Waals surface area contributed by atoms with E-state index in [2.05, 4.69) is 20.5 Å². The van der Waals surface area contributed by atoms with Crippen LogP contribution in [0.5, 0.6) is 0 Å². The monoisotopic (exact) mass is 412 g/mol. The van der Waals surface area contributed by atoms with Crippen molar-refractivity contribution in [2.24, 2.45) is 0 Å². The molecule has 0 saturated heterocycles. The summed E-state index contributed by atoms with van der Waals surface area (Å²) in [5.41, 5.74) is 3.46. The number of halogens is 1. The second-order valence-electron chi connectivity index (χ2n) is 6.33. The summed E-state index contributed by atoms with van der Waals surface area (Å²) < 4.78 is 5.77. The van der Waals surface area contributed by atoms with Crippen LogP contribution in [0.1, 0.15) is 12.5 Å². The lowest BCUT2D eigenvalue weighted by molar-refractivity contribution is -0.115. The van der Waals surface area contributed by atoms with E-state index in [1.807, 2.05) is 43.5 Å². The van der Waals surface area contributed by atoms with E-state index in [9.17, 15) is 4.79 Å². The van der Waals surface area contributed by atoms with Gasteiger partial charge in [-0.05, 0) is 37.6 Å². The molecule has 0 radical (unpaired) electrons. The number of carbonyl (C=O) groups is 1. The van der Waals surface area contributed by atoms with E-state index < -0.39 is 5.25 Å². The van der Waals surface area contributed by atoms with E-state index in [4.69, 9.17) is 16.0 Å². The molecule has 2 aromatic heterocycles. The van der Waals surface area contributed by atoms with Crippen molar-refractivity contribution < 1.29 is 9.21 Å². The van der Waals surface area contributed by atoms with Crippen molar-refractivity contribution >= 4 is 45.9 Å². The van der Waals surface area contributed by atoms with Crippen molar-refractivity contribution in [3.8, 4) is 11.5 Å². The van der Waals surface area contributed by atoms with Crippen molar-refractivity contribution in [1.82, 2.24) is 15.2 Å². The number of H-pyrrole nitrogens is 1. The summed E-state index contributed by atoms with van der Waals surface area (Å²) in [5, 5.41) is 12.6. The zero-order chi connectivity index (χ0) is 19.7. The lowest BCUT2D eigenvalue weighted by Crippen LogP contribution is -2.22. The van der Waals surface area contributed by atoms with Crippen LogP contribution >= 0.6 is 23.4 Å². The number of rotatable bonds is 5. The number of aryl methyl sites for hydroxylation is 1. The molecule has 0 saturated carbocycles. The van der Waals surface area contributed by atoms with Crippen molar-refractivity contribution in [3.63, 3.8) is 0 Å². The molecule has 8 heteroatoms. The number of para-hydroxylation sites is 1.